The Morgan fingerprint density at radius 1 is 1.20 bits per heavy atom. The molecule has 0 aliphatic carbocycles. The van der Waals surface area contributed by atoms with E-state index in [4.69, 9.17) is 0 Å². The molecular formula is C21H22FN3O3S2. The molecule has 2 aromatic carbocycles. The number of carbonyl (C=O) groups excluding carboxylic acids is 1. The van der Waals surface area contributed by atoms with Crippen molar-refractivity contribution >= 4 is 44.0 Å². The van der Waals surface area contributed by atoms with Gasteiger partial charge in [0.1, 0.15) is 5.82 Å². The summed E-state index contributed by atoms with van der Waals surface area (Å²) >= 11 is 1.19. The number of hydrogen-bond acceptors (Lipinski definition) is 6. The van der Waals surface area contributed by atoms with Gasteiger partial charge in [0.15, 0.2) is 15.0 Å². The van der Waals surface area contributed by atoms with E-state index in [1.54, 1.807) is 23.1 Å². The van der Waals surface area contributed by atoms with E-state index in [0.717, 1.165) is 16.8 Å². The second-order valence-electron chi connectivity index (χ2n) is 7.53. The summed E-state index contributed by atoms with van der Waals surface area (Å²) in [5.74, 6) is -0.691. The number of hydrogen-bond donors (Lipinski definition) is 1. The van der Waals surface area contributed by atoms with Crippen molar-refractivity contribution in [1.82, 2.24) is 0 Å². The summed E-state index contributed by atoms with van der Waals surface area (Å²) in [7, 11) is -3.22. The van der Waals surface area contributed by atoms with Gasteiger partial charge in [-0.2, -0.15) is 0 Å². The zero-order chi connectivity index (χ0) is 21.5. The molecule has 0 saturated carbocycles. The van der Waals surface area contributed by atoms with Crippen molar-refractivity contribution < 1.29 is 17.6 Å². The molecule has 6 nitrogen and oxygen atoms in total. The number of para-hydroxylation sites is 1. The molecule has 158 valence electrons. The van der Waals surface area contributed by atoms with Crippen LogP contribution in [-0.4, -0.2) is 48.8 Å². The molecule has 0 bridgehead atoms. The third-order valence-electron chi connectivity index (χ3n) is 5.43. The number of anilines is 2. The van der Waals surface area contributed by atoms with Crippen molar-refractivity contribution in [3.05, 3.63) is 59.4 Å². The number of aliphatic imine (C=N–C) groups is 1. The summed E-state index contributed by atoms with van der Waals surface area (Å²) < 4.78 is 38.7. The Balaban J connectivity index is 1.52. The van der Waals surface area contributed by atoms with Crippen LogP contribution in [0.5, 0.6) is 0 Å². The lowest BCUT2D eigenvalue weighted by molar-refractivity contribution is -0.113. The van der Waals surface area contributed by atoms with E-state index in [9.17, 15) is 17.6 Å². The van der Waals surface area contributed by atoms with Crippen molar-refractivity contribution in [3.63, 3.8) is 0 Å². The molecule has 30 heavy (non-hydrogen) atoms. The minimum atomic E-state index is -3.22. The Bertz CT molecular complexity index is 1130. The van der Waals surface area contributed by atoms with Gasteiger partial charge < -0.3 is 10.2 Å². The standard InChI is InChI=1S/C21H22FN3O3S2/c1-13-6-5-8-16(14(13)2)23-20(26)10-29-21-24-17-11-30(27,28)12-19(17)25(21)18-9-4-3-7-15(18)22/h3-9,17,19H,10-12H2,1-2H3,(H,23,26)/t17-,19-/m0/s1. The van der Waals surface area contributed by atoms with Crippen LogP contribution in [0.1, 0.15) is 11.1 Å². The first-order valence-corrected chi connectivity index (χ1v) is 12.4. The molecular weight excluding hydrogens is 425 g/mol. The molecule has 0 spiro atoms. The average Bonchev–Trinajstić information content (AvgIpc) is 3.15. The Morgan fingerprint density at radius 3 is 2.73 bits per heavy atom. The lowest BCUT2D eigenvalue weighted by atomic mass is 10.1. The van der Waals surface area contributed by atoms with Gasteiger partial charge in [-0.3, -0.25) is 9.79 Å². The SMILES string of the molecule is Cc1cccc(NC(=O)CSC2=N[C@H]3CS(=O)(=O)C[C@@H]3N2c2ccccc2F)c1C. The highest BCUT2D eigenvalue weighted by Gasteiger charge is 2.47. The van der Waals surface area contributed by atoms with Gasteiger partial charge >= 0.3 is 0 Å². The summed E-state index contributed by atoms with van der Waals surface area (Å²) in [6, 6.07) is 11.0. The Labute approximate surface area is 179 Å². The largest absolute Gasteiger partial charge is 0.325 e. The number of halogens is 1. The maximum Gasteiger partial charge on any atom is 0.234 e. The van der Waals surface area contributed by atoms with Crippen LogP contribution in [0.4, 0.5) is 15.8 Å². The summed E-state index contributed by atoms with van der Waals surface area (Å²) in [5.41, 5.74) is 3.12. The van der Waals surface area contributed by atoms with Crippen molar-refractivity contribution in [3.8, 4) is 0 Å². The number of amidine groups is 1. The van der Waals surface area contributed by atoms with Crippen molar-refractivity contribution in [1.29, 1.82) is 0 Å². The second-order valence-corrected chi connectivity index (χ2v) is 10.6. The third kappa shape index (κ3) is 4.09. The molecule has 9 heteroatoms. The van der Waals surface area contributed by atoms with E-state index in [1.807, 2.05) is 32.0 Å². The van der Waals surface area contributed by atoms with E-state index >= 15 is 0 Å². The lowest BCUT2D eigenvalue weighted by Gasteiger charge is -2.26. The Morgan fingerprint density at radius 2 is 1.97 bits per heavy atom. The minimum absolute atomic E-state index is 0.0542. The fraction of sp³-hybridized carbons (Fsp3) is 0.333. The maximum atomic E-state index is 14.5. The number of carbonyl (C=O) groups is 1. The van der Waals surface area contributed by atoms with Crippen LogP contribution in [0.2, 0.25) is 0 Å². The van der Waals surface area contributed by atoms with E-state index in [-0.39, 0.29) is 28.9 Å². The Hall–Kier alpha value is -2.39. The van der Waals surface area contributed by atoms with Gasteiger partial charge in [-0.1, -0.05) is 36.0 Å². The number of thioether (sulfide) groups is 1. The molecule has 1 saturated heterocycles. The monoisotopic (exact) mass is 447 g/mol. The number of amides is 1. The van der Waals surface area contributed by atoms with Crippen LogP contribution in [0, 0.1) is 19.7 Å². The molecule has 2 aliphatic rings. The van der Waals surface area contributed by atoms with E-state index in [1.165, 1.54) is 17.8 Å². The fourth-order valence-corrected chi connectivity index (χ4v) is 6.52. The predicted molar refractivity (Wildman–Crippen MR) is 120 cm³/mol. The average molecular weight is 448 g/mol. The van der Waals surface area contributed by atoms with E-state index in [2.05, 4.69) is 10.3 Å². The maximum absolute atomic E-state index is 14.5. The first-order chi connectivity index (χ1) is 14.2. The summed E-state index contributed by atoms with van der Waals surface area (Å²) in [4.78, 5) is 18.7. The molecule has 0 unspecified atom stereocenters. The molecule has 0 aromatic heterocycles. The van der Waals surface area contributed by atoms with Crippen LogP contribution in [-0.2, 0) is 14.6 Å². The van der Waals surface area contributed by atoms with Gasteiger partial charge in [0.05, 0.1) is 35.0 Å². The summed E-state index contributed by atoms with van der Waals surface area (Å²) in [5, 5.41) is 3.37. The molecule has 2 heterocycles. The summed E-state index contributed by atoms with van der Waals surface area (Å²) in [6.45, 7) is 3.92. The highest BCUT2D eigenvalue weighted by molar-refractivity contribution is 8.14. The predicted octanol–water partition coefficient (Wildman–Crippen LogP) is 3.16. The first-order valence-electron chi connectivity index (χ1n) is 9.56. The number of fused-ring (bicyclic) bond motifs is 1. The summed E-state index contributed by atoms with van der Waals surface area (Å²) in [6.07, 6.45) is 0. The highest BCUT2D eigenvalue weighted by Crippen LogP contribution is 2.36. The van der Waals surface area contributed by atoms with E-state index < -0.39 is 27.7 Å². The number of rotatable bonds is 4. The molecule has 2 aliphatic heterocycles. The molecule has 2 atom stereocenters. The normalized spacial score (nSPS) is 22.0. The molecule has 2 aromatic rings. The first kappa shape index (κ1) is 20.9. The lowest BCUT2D eigenvalue weighted by Crippen LogP contribution is -2.40. The van der Waals surface area contributed by atoms with Crippen LogP contribution in [0.3, 0.4) is 0 Å². The minimum Gasteiger partial charge on any atom is -0.325 e. The topological polar surface area (TPSA) is 78.8 Å². The zero-order valence-electron chi connectivity index (χ0n) is 16.6. The van der Waals surface area contributed by atoms with Crippen molar-refractivity contribution in [2.24, 2.45) is 4.99 Å². The molecule has 1 N–H and O–H groups in total. The third-order valence-corrected chi connectivity index (χ3v) is 8.10. The fourth-order valence-electron chi connectivity index (χ4n) is 3.76. The molecule has 1 fully saturated rings. The molecule has 1 amide bonds. The molecule has 0 radical (unpaired) electrons. The van der Waals surface area contributed by atoms with Gasteiger partial charge in [-0.15, -0.1) is 0 Å². The smallest absolute Gasteiger partial charge is 0.234 e. The quantitative estimate of drug-likeness (QED) is 0.779. The van der Waals surface area contributed by atoms with Crippen LogP contribution >= 0.6 is 11.8 Å². The van der Waals surface area contributed by atoms with E-state index in [0.29, 0.717) is 5.17 Å². The number of aryl methyl sites for hydroxylation is 1. The van der Waals surface area contributed by atoms with Crippen molar-refractivity contribution in [2.45, 2.75) is 25.9 Å². The van der Waals surface area contributed by atoms with Gasteiger partial charge in [0.2, 0.25) is 5.91 Å². The van der Waals surface area contributed by atoms with Crippen LogP contribution < -0.4 is 10.2 Å². The van der Waals surface area contributed by atoms with Crippen LogP contribution in [0.15, 0.2) is 47.5 Å². The van der Waals surface area contributed by atoms with Gasteiger partial charge in [-0.05, 0) is 43.2 Å². The van der Waals surface area contributed by atoms with Gasteiger partial charge in [0, 0.05) is 5.69 Å². The number of benzene rings is 2. The highest BCUT2D eigenvalue weighted by atomic mass is 32.2. The number of sulfone groups is 1. The van der Waals surface area contributed by atoms with Crippen LogP contribution in [0.25, 0.3) is 0 Å². The number of nitrogens with zero attached hydrogens (tertiary/aromatic N) is 2. The molecule has 4 rings (SSSR count). The zero-order valence-corrected chi connectivity index (χ0v) is 18.3. The number of nitrogens with one attached hydrogen (secondary N) is 1. The Kier molecular flexibility index (Phi) is 5.59. The second kappa shape index (κ2) is 8.03. The van der Waals surface area contributed by atoms with Gasteiger partial charge in [-0.25, -0.2) is 12.8 Å². The van der Waals surface area contributed by atoms with Gasteiger partial charge in [0.25, 0.3) is 0 Å². The van der Waals surface area contributed by atoms with Crippen molar-refractivity contribution in [2.75, 3.05) is 27.5 Å².